The second-order valence-electron chi connectivity index (χ2n) is 9.74. The van der Waals surface area contributed by atoms with Crippen LogP contribution in [0, 0.1) is 23.2 Å². The average molecular weight is 400 g/mol. The first-order valence-electron chi connectivity index (χ1n) is 10.8. The number of carbonyl (C=O) groups excluding carboxylic acids is 1. The highest BCUT2D eigenvalue weighted by Crippen LogP contribution is 2.56. The van der Waals surface area contributed by atoms with Crippen molar-refractivity contribution < 1.29 is 19.7 Å². The predicted molar refractivity (Wildman–Crippen MR) is 111 cm³/mol. The molecule has 1 heterocycles. The lowest BCUT2D eigenvalue weighted by Crippen LogP contribution is -2.45. The van der Waals surface area contributed by atoms with E-state index in [1.807, 2.05) is 11.9 Å². The number of fused-ring (bicyclic) bond motifs is 2. The number of aliphatic hydroxyl groups excluding tert-OH is 1. The Balaban J connectivity index is 1.42. The van der Waals surface area contributed by atoms with Gasteiger partial charge in [0.1, 0.15) is 11.9 Å². The first-order valence-corrected chi connectivity index (χ1v) is 10.8. The lowest BCUT2D eigenvalue weighted by Gasteiger charge is -2.50. The van der Waals surface area contributed by atoms with Gasteiger partial charge in [0.15, 0.2) is 0 Å². The van der Waals surface area contributed by atoms with Crippen LogP contribution >= 0.6 is 0 Å². The van der Waals surface area contributed by atoms with Crippen LogP contribution in [0.4, 0.5) is 0 Å². The number of phenolic OH excluding ortho intramolecular Hbond substituents is 1. The highest BCUT2D eigenvalue weighted by Gasteiger charge is 2.55. The fourth-order valence-electron chi connectivity index (χ4n) is 6.01. The number of benzene rings is 1. The van der Waals surface area contributed by atoms with Crippen LogP contribution < -0.4 is 0 Å². The molecule has 5 nitrogen and oxygen atoms in total. The third kappa shape index (κ3) is 3.95. The van der Waals surface area contributed by atoms with Crippen molar-refractivity contribution in [3.8, 4) is 5.75 Å². The summed E-state index contributed by atoms with van der Waals surface area (Å²) in [4.78, 5) is 14.7. The maximum atomic E-state index is 12.7. The number of carbonyl (C=O) groups is 1. The monoisotopic (exact) mass is 399 g/mol. The largest absolute Gasteiger partial charge is 0.508 e. The van der Waals surface area contributed by atoms with Gasteiger partial charge in [-0.2, -0.15) is 0 Å². The highest BCUT2D eigenvalue weighted by molar-refractivity contribution is 5.75. The van der Waals surface area contributed by atoms with Gasteiger partial charge in [-0.1, -0.05) is 31.2 Å². The van der Waals surface area contributed by atoms with E-state index in [-0.39, 0.29) is 35.1 Å². The summed E-state index contributed by atoms with van der Waals surface area (Å²) in [5.74, 6) is 0.616. The second kappa shape index (κ2) is 7.77. The molecule has 0 spiro atoms. The van der Waals surface area contributed by atoms with Crippen molar-refractivity contribution in [1.82, 2.24) is 4.90 Å². The smallest absolute Gasteiger partial charge is 0.310 e. The molecule has 29 heavy (non-hydrogen) atoms. The number of aliphatic hydroxyl groups is 1. The van der Waals surface area contributed by atoms with Crippen LogP contribution in [-0.2, 0) is 9.53 Å². The van der Waals surface area contributed by atoms with E-state index in [1.54, 1.807) is 24.3 Å². The SMILES string of the molecule is C=C1CCC[C@]2(C)C[C@H]3OC(=O)C(CN(C)C[C@H](O)c4cccc(O)c4)[C@H]3C[C@@H]12. The summed E-state index contributed by atoms with van der Waals surface area (Å²) in [7, 11) is 1.93. The molecular weight excluding hydrogens is 366 g/mol. The molecule has 1 aromatic carbocycles. The number of likely N-dealkylation sites (N-methyl/N-ethyl adjacent to an activating group) is 1. The van der Waals surface area contributed by atoms with Crippen molar-refractivity contribution in [3.63, 3.8) is 0 Å². The fraction of sp³-hybridized carbons (Fsp3) is 0.625. The molecule has 1 saturated heterocycles. The molecule has 5 heteroatoms. The molecule has 2 N–H and O–H groups in total. The zero-order valence-electron chi connectivity index (χ0n) is 17.5. The van der Waals surface area contributed by atoms with Crippen LogP contribution in [0.15, 0.2) is 36.4 Å². The Morgan fingerprint density at radius 1 is 1.41 bits per heavy atom. The molecule has 1 aromatic rings. The Hall–Kier alpha value is -1.85. The first-order chi connectivity index (χ1) is 13.8. The Bertz CT molecular complexity index is 793. The molecule has 2 aliphatic carbocycles. The summed E-state index contributed by atoms with van der Waals surface area (Å²) in [6.07, 6.45) is 4.72. The van der Waals surface area contributed by atoms with E-state index < -0.39 is 6.10 Å². The minimum Gasteiger partial charge on any atom is -0.508 e. The zero-order valence-corrected chi connectivity index (χ0v) is 17.5. The van der Waals surface area contributed by atoms with E-state index >= 15 is 0 Å². The molecular formula is C24H33NO4. The molecule has 0 aromatic heterocycles. The fourth-order valence-corrected chi connectivity index (χ4v) is 6.01. The van der Waals surface area contributed by atoms with Crippen LogP contribution in [-0.4, -0.2) is 47.3 Å². The van der Waals surface area contributed by atoms with Crippen molar-refractivity contribution in [3.05, 3.63) is 42.0 Å². The first kappa shape index (κ1) is 20.4. The third-order valence-electron chi connectivity index (χ3n) is 7.57. The van der Waals surface area contributed by atoms with Crippen LogP contribution in [0.3, 0.4) is 0 Å². The van der Waals surface area contributed by atoms with Gasteiger partial charge in [0.25, 0.3) is 0 Å². The van der Waals surface area contributed by atoms with Gasteiger partial charge in [-0.05, 0) is 68.2 Å². The Labute approximate surface area is 173 Å². The van der Waals surface area contributed by atoms with Crippen molar-refractivity contribution >= 4 is 5.97 Å². The van der Waals surface area contributed by atoms with Crippen molar-refractivity contribution in [2.45, 2.75) is 51.2 Å². The molecule has 0 amide bonds. The standard InChI is InChI=1S/C24H33NO4/c1-15-6-5-9-24(2)12-22-18(11-20(15)24)19(23(28)29-22)13-25(3)14-21(27)16-7-4-8-17(26)10-16/h4,7-8,10,18-22,26-27H,1,5-6,9,11-14H2,2-3H3/t18-,19?,20+,21+,22-,24-/m1/s1. The van der Waals surface area contributed by atoms with Crippen molar-refractivity contribution in [1.29, 1.82) is 0 Å². The normalized spacial score (nSPS) is 35.2. The number of hydrogen-bond acceptors (Lipinski definition) is 5. The van der Waals surface area contributed by atoms with Gasteiger partial charge in [0.05, 0.1) is 12.0 Å². The van der Waals surface area contributed by atoms with E-state index in [9.17, 15) is 15.0 Å². The number of aromatic hydroxyl groups is 1. The second-order valence-corrected chi connectivity index (χ2v) is 9.74. The quantitative estimate of drug-likeness (QED) is 0.584. The van der Waals surface area contributed by atoms with E-state index in [0.29, 0.717) is 24.6 Å². The molecule has 1 unspecified atom stereocenters. The van der Waals surface area contributed by atoms with Crippen LogP contribution in [0.25, 0.3) is 0 Å². The topological polar surface area (TPSA) is 70.0 Å². The van der Waals surface area contributed by atoms with Gasteiger partial charge in [-0.25, -0.2) is 0 Å². The maximum absolute atomic E-state index is 12.7. The lowest BCUT2D eigenvalue weighted by molar-refractivity contribution is -0.146. The summed E-state index contributed by atoms with van der Waals surface area (Å²) in [5, 5.41) is 20.2. The molecule has 2 saturated carbocycles. The summed E-state index contributed by atoms with van der Waals surface area (Å²) >= 11 is 0. The third-order valence-corrected chi connectivity index (χ3v) is 7.57. The van der Waals surface area contributed by atoms with Crippen LogP contribution in [0.5, 0.6) is 5.75 Å². The Morgan fingerprint density at radius 3 is 2.97 bits per heavy atom. The molecule has 3 fully saturated rings. The van der Waals surface area contributed by atoms with Gasteiger partial charge < -0.3 is 19.8 Å². The minimum atomic E-state index is -0.715. The summed E-state index contributed by atoms with van der Waals surface area (Å²) < 4.78 is 5.84. The average Bonchev–Trinajstić information content (AvgIpc) is 2.94. The molecule has 3 aliphatic rings. The molecule has 0 bridgehead atoms. The lowest BCUT2D eigenvalue weighted by atomic mass is 9.55. The Morgan fingerprint density at radius 2 is 2.21 bits per heavy atom. The zero-order chi connectivity index (χ0) is 20.8. The van der Waals surface area contributed by atoms with Gasteiger partial charge in [-0.3, -0.25) is 4.79 Å². The van der Waals surface area contributed by atoms with Crippen molar-refractivity contribution in [2.24, 2.45) is 23.2 Å². The van der Waals surface area contributed by atoms with Gasteiger partial charge in [0.2, 0.25) is 0 Å². The molecule has 6 atom stereocenters. The number of nitrogens with zero attached hydrogens (tertiary/aromatic N) is 1. The van der Waals surface area contributed by atoms with Crippen LogP contribution in [0.1, 0.15) is 50.7 Å². The number of hydrogen-bond donors (Lipinski definition) is 2. The summed E-state index contributed by atoms with van der Waals surface area (Å²) in [6.45, 7) is 7.67. The summed E-state index contributed by atoms with van der Waals surface area (Å²) in [6, 6.07) is 6.69. The van der Waals surface area contributed by atoms with E-state index in [4.69, 9.17) is 4.74 Å². The highest BCUT2D eigenvalue weighted by atomic mass is 16.6. The van der Waals surface area contributed by atoms with E-state index in [1.165, 1.54) is 18.4 Å². The Kier molecular flexibility index (Phi) is 5.47. The van der Waals surface area contributed by atoms with Gasteiger partial charge >= 0.3 is 5.97 Å². The number of ether oxygens (including phenoxy) is 1. The number of esters is 1. The number of rotatable bonds is 5. The van der Waals surface area contributed by atoms with Gasteiger partial charge in [0, 0.05) is 19.0 Å². The van der Waals surface area contributed by atoms with Crippen molar-refractivity contribution in [2.75, 3.05) is 20.1 Å². The minimum absolute atomic E-state index is 0.0176. The summed E-state index contributed by atoms with van der Waals surface area (Å²) in [5.41, 5.74) is 2.24. The van der Waals surface area contributed by atoms with Crippen LogP contribution in [0.2, 0.25) is 0 Å². The molecule has 158 valence electrons. The molecule has 0 radical (unpaired) electrons. The predicted octanol–water partition coefficient (Wildman–Crippen LogP) is 3.67. The number of allylic oxidation sites excluding steroid dienone is 1. The van der Waals surface area contributed by atoms with E-state index in [0.717, 1.165) is 19.3 Å². The maximum Gasteiger partial charge on any atom is 0.310 e. The molecule has 1 aliphatic heterocycles. The van der Waals surface area contributed by atoms with E-state index in [2.05, 4.69) is 13.5 Å². The number of phenols is 1. The molecule has 4 rings (SSSR count). The van der Waals surface area contributed by atoms with Gasteiger partial charge in [-0.15, -0.1) is 0 Å².